The van der Waals surface area contributed by atoms with Crippen molar-refractivity contribution in [1.29, 1.82) is 0 Å². The molecule has 10 radical (unpaired) electrons. The van der Waals surface area contributed by atoms with Gasteiger partial charge in [-0.25, -0.2) is 0 Å². The van der Waals surface area contributed by atoms with Gasteiger partial charge in [0.2, 0.25) is 0 Å². The summed E-state index contributed by atoms with van der Waals surface area (Å²) in [5.41, 5.74) is 1.01. The van der Waals surface area contributed by atoms with Crippen LogP contribution in [0.15, 0.2) is 33.6 Å². The second kappa shape index (κ2) is 10.7. The second-order valence-corrected chi connectivity index (χ2v) is 7.30. The molecule has 6 heteroatoms. The van der Waals surface area contributed by atoms with Gasteiger partial charge in [0, 0.05) is 12.1 Å². The maximum Gasteiger partial charge on any atom is 2.00 e. The molecule has 1 aromatic carbocycles. The Morgan fingerprint density at radius 1 is 0.917 bits per heavy atom. The van der Waals surface area contributed by atoms with Crippen LogP contribution in [0.5, 0.6) is 0 Å². The minimum Gasteiger partial charge on any atom is -0.199 e. The maximum atomic E-state index is 11.9. The Hall–Kier alpha value is -0.161. The van der Waals surface area contributed by atoms with Crippen LogP contribution in [0.25, 0.3) is 0 Å². The fourth-order valence-corrected chi connectivity index (χ4v) is 2.98. The average molecular weight is 446 g/mol. The summed E-state index contributed by atoms with van der Waals surface area (Å²) in [5, 5.41) is 0. The SMILES string of the molecule is Cc1ccc(S(=O)(=O)/N=C/[C]2[CH][CH][CH][C]2Br)cc1.[CH]1[CH][CH][CH][CH]1.[Fe+2]. The normalized spacial score (nSPS) is 19.1. The molecule has 3 rings (SSSR count). The number of hydrogen-bond donors (Lipinski definition) is 0. The summed E-state index contributed by atoms with van der Waals surface area (Å²) in [5.74, 6) is 0.741. The van der Waals surface area contributed by atoms with Crippen molar-refractivity contribution in [3.05, 3.63) is 91.9 Å². The predicted molar refractivity (Wildman–Crippen MR) is 96.7 cm³/mol. The van der Waals surface area contributed by atoms with E-state index < -0.39 is 10.0 Å². The molecule has 0 saturated heterocycles. The summed E-state index contributed by atoms with van der Waals surface area (Å²) in [7, 11) is -3.62. The van der Waals surface area contributed by atoms with E-state index in [0.717, 1.165) is 16.3 Å². The molecule has 124 valence electrons. The summed E-state index contributed by atoms with van der Waals surface area (Å²) in [6, 6.07) is 6.62. The minimum atomic E-state index is -3.62. The monoisotopic (exact) mass is 445 g/mol. The van der Waals surface area contributed by atoms with Crippen LogP contribution in [0.1, 0.15) is 5.56 Å². The van der Waals surface area contributed by atoms with Crippen molar-refractivity contribution in [2.45, 2.75) is 11.8 Å². The van der Waals surface area contributed by atoms with Gasteiger partial charge in [0.05, 0.1) is 9.72 Å². The fraction of sp³-hybridized carbons (Fsp3) is 0.0556. The van der Waals surface area contributed by atoms with Crippen LogP contribution < -0.4 is 0 Å². The largest absolute Gasteiger partial charge is 2.00 e. The molecule has 0 amide bonds. The van der Waals surface area contributed by atoms with E-state index in [-0.39, 0.29) is 22.0 Å². The molecule has 2 aliphatic rings. The number of nitrogens with zero attached hydrogens (tertiary/aromatic N) is 1. The molecular formula is C18H16BrFeNO2S+2. The minimum absolute atomic E-state index is 0. The van der Waals surface area contributed by atoms with Crippen LogP contribution in [-0.4, -0.2) is 14.6 Å². The van der Waals surface area contributed by atoms with E-state index in [1.165, 1.54) is 6.21 Å². The van der Waals surface area contributed by atoms with Gasteiger partial charge >= 0.3 is 17.1 Å². The van der Waals surface area contributed by atoms with Crippen molar-refractivity contribution in [2.24, 2.45) is 4.40 Å². The standard InChI is InChI=1S/C13H11BrNO2S.C5H5.Fe/c1-10-5-7-12(8-6-10)18(16,17)15-9-11-3-2-4-13(11)14;1-2-4-5-3-1;/h2-9H,1H3;1-5H;/q;;+2/b15-9+;;. The zero-order valence-electron chi connectivity index (χ0n) is 12.9. The molecule has 0 unspecified atom stereocenters. The fourth-order valence-electron chi connectivity index (χ4n) is 1.73. The van der Waals surface area contributed by atoms with Crippen molar-refractivity contribution in [3.8, 4) is 0 Å². The number of aryl methyl sites for hydroxylation is 1. The number of sulfonamides is 1. The molecule has 24 heavy (non-hydrogen) atoms. The van der Waals surface area contributed by atoms with Crippen LogP contribution in [0, 0.1) is 69.0 Å². The van der Waals surface area contributed by atoms with Gasteiger partial charge in [-0.15, -0.1) is 0 Å². The number of halogens is 1. The van der Waals surface area contributed by atoms with Crippen molar-refractivity contribution in [2.75, 3.05) is 0 Å². The first-order valence-corrected chi connectivity index (χ1v) is 9.17. The van der Waals surface area contributed by atoms with Crippen molar-refractivity contribution in [3.63, 3.8) is 0 Å². The van der Waals surface area contributed by atoms with Crippen LogP contribution in [0.4, 0.5) is 0 Å². The molecule has 1 aromatic rings. The van der Waals surface area contributed by atoms with Crippen molar-refractivity contribution in [1.82, 2.24) is 0 Å². The summed E-state index contributed by atoms with van der Waals surface area (Å²) in [6.07, 6.45) is 16.8. The molecule has 0 heterocycles. The second-order valence-electron chi connectivity index (χ2n) is 4.81. The number of rotatable bonds is 3. The van der Waals surface area contributed by atoms with Crippen LogP contribution in [0.3, 0.4) is 0 Å². The van der Waals surface area contributed by atoms with E-state index >= 15 is 0 Å². The van der Waals surface area contributed by atoms with E-state index in [0.29, 0.717) is 0 Å². The molecule has 2 aliphatic carbocycles. The van der Waals surface area contributed by atoms with Gasteiger partial charge in [-0.3, -0.25) is 0 Å². The van der Waals surface area contributed by atoms with Crippen molar-refractivity contribution >= 4 is 32.2 Å². The molecule has 2 fully saturated rings. The molecule has 0 bridgehead atoms. The zero-order chi connectivity index (χ0) is 16.7. The maximum absolute atomic E-state index is 11.9. The third-order valence-electron chi connectivity index (χ3n) is 3.00. The number of hydrogen-bond acceptors (Lipinski definition) is 2. The van der Waals surface area contributed by atoms with Gasteiger partial charge in [-0.2, -0.15) is 12.8 Å². The van der Waals surface area contributed by atoms with Gasteiger partial charge < -0.3 is 0 Å². The molecule has 2 saturated carbocycles. The van der Waals surface area contributed by atoms with Crippen molar-refractivity contribution < 1.29 is 25.5 Å². The van der Waals surface area contributed by atoms with Gasteiger partial charge in [-0.05, 0) is 70.4 Å². The molecule has 0 aromatic heterocycles. The zero-order valence-corrected chi connectivity index (χ0v) is 16.4. The van der Waals surface area contributed by atoms with Gasteiger partial charge in [0.1, 0.15) is 0 Å². The Morgan fingerprint density at radius 3 is 1.92 bits per heavy atom. The summed E-state index contributed by atoms with van der Waals surface area (Å²) < 4.78 is 27.6. The smallest absolute Gasteiger partial charge is 0.199 e. The molecule has 0 atom stereocenters. The van der Waals surface area contributed by atoms with E-state index in [1.54, 1.807) is 30.7 Å². The summed E-state index contributed by atoms with van der Waals surface area (Å²) in [6.45, 7) is 1.90. The first-order valence-electron chi connectivity index (χ1n) is 6.94. The van der Waals surface area contributed by atoms with Gasteiger partial charge in [-0.1, -0.05) is 33.6 Å². The predicted octanol–water partition coefficient (Wildman–Crippen LogP) is 3.90. The van der Waals surface area contributed by atoms with E-state index in [1.807, 2.05) is 51.9 Å². The molecule has 0 N–H and O–H groups in total. The number of benzene rings is 1. The summed E-state index contributed by atoms with van der Waals surface area (Å²) in [4.78, 5) is 1.03. The molecule has 0 spiro atoms. The van der Waals surface area contributed by atoms with E-state index in [2.05, 4.69) is 20.3 Å². The van der Waals surface area contributed by atoms with Crippen LogP contribution in [-0.2, 0) is 27.1 Å². The Kier molecular flexibility index (Phi) is 9.80. The topological polar surface area (TPSA) is 46.5 Å². The Balaban J connectivity index is 0.000000412. The average Bonchev–Trinajstić information content (AvgIpc) is 3.20. The van der Waals surface area contributed by atoms with E-state index in [9.17, 15) is 8.42 Å². The third-order valence-corrected chi connectivity index (χ3v) is 4.97. The van der Waals surface area contributed by atoms with Crippen LogP contribution >= 0.6 is 15.9 Å². The first-order chi connectivity index (χ1) is 11.0. The first kappa shape index (κ1) is 21.9. The molecular weight excluding hydrogens is 430 g/mol. The quantitative estimate of drug-likeness (QED) is 0.523. The molecule has 3 nitrogen and oxygen atoms in total. The van der Waals surface area contributed by atoms with Gasteiger partial charge in [0.15, 0.2) is 0 Å². The van der Waals surface area contributed by atoms with Crippen LogP contribution in [0.2, 0.25) is 0 Å². The third kappa shape index (κ3) is 6.99. The summed E-state index contributed by atoms with van der Waals surface area (Å²) >= 11 is 3.31. The molecule has 0 aliphatic heterocycles. The van der Waals surface area contributed by atoms with E-state index in [4.69, 9.17) is 0 Å². The Bertz CT molecular complexity index is 605. The Labute approximate surface area is 165 Å². The van der Waals surface area contributed by atoms with Gasteiger partial charge in [0.25, 0.3) is 10.0 Å². The Morgan fingerprint density at radius 2 is 1.46 bits per heavy atom.